The van der Waals surface area contributed by atoms with Gasteiger partial charge >= 0.3 is 0 Å². The maximum absolute atomic E-state index is 12.1. The van der Waals surface area contributed by atoms with Gasteiger partial charge in [-0.05, 0) is 35.4 Å². The number of rotatable bonds is 6. The Bertz CT molecular complexity index is 778. The summed E-state index contributed by atoms with van der Waals surface area (Å²) in [5, 5.41) is 2.92. The molecule has 0 radical (unpaired) electrons. The van der Waals surface area contributed by atoms with Crippen molar-refractivity contribution in [1.82, 2.24) is 14.9 Å². The number of amides is 1. The molecule has 2 aromatic carbocycles. The Labute approximate surface area is 140 Å². The number of nitrogens with one attached hydrogen (secondary N) is 1. The van der Waals surface area contributed by atoms with Crippen LogP contribution in [-0.4, -0.2) is 22.6 Å². The first-order valence-electron chi connectivity index (χ1n) is 7.70. The first-order chi connectivity index (χ1) is 11.7. The van der Waals surface area contributed by atoms with Crippen molar-refractivity contribution in [1.29, 1.82) is 0 Å². The first-order valence-corrected chi connectivity index (χ1v) is 7.70. The van der Waals surface area contributed by atoms with E-state index in [9.17, 15) is 4.79 Å². The number of ether oxygens (including phenoxy) is 1. The van der Waals surface area contributed by atoms with E-state index in [4.69, 9.17) is 4.74 Å². The van der Waals surface area contributed by atoms with Gasteiger partial charge in [0, 0.05) is 31.0 Å². The van der Waals surface area contributed by atoms with E-state index in [1.165, 1.54) is 5.56 Å². The molecule has 0 fully saturated rings. The monoisotopic (exact) mass is 321 g/mol. The molecule has 0 aliphatic carbocycles. The highest BCUT2D eigenvalue weighted by Gasteiger charge is 2.05. The summed E-state index contributed by atoms with van der Waals surface area (Å²) in [6.45, 7) is 1.29. The predicted molar refractivity (Wildman–Crippen MR) is 91.9 cm³/mol. The minimum atomic E-state index is -0.0971. The van der Waals surface area contributed by atoms with E-state index in [-0.39, 0.29) is 5.91 Å². The summed E-state index contributed by atoms with van der Waals surface area (Å²) >= 11 is 0. The van der Waals surface area contributed by atoms with E-state index in [1.54, 1.807) is 43.9 Å². The van der Waals surface area contributed by atoms with Crippen LogP contribution in [0.1, 0.15) is 21.5 Å². The van der Waals surface area contributed by atoms with Gasteiger partial charge in [-0.15, -0.1) is 0 Å². The summed E-state index contributed by atoms with van der Waals surface area (Å²) < 4.78 is 7.10. The Balaban J connectivity index is 1.54. The highest BCUT2D eigenvalue weighted by atomic mass is 16.5. The van der Waals surface area contributed by atoms with E-state index < -0.39 is 0 Å². The van der Waals surface area contributed by atoms with Gasteiger partial charge in [-0.3, -0.25) is 4.79 Å². The second kappa shape index (κ2) is 7.46. The van der Waals surface area contributed by atoms with E-state index in [0.717, 1.165) is 17.9 Å². The van der Waals surface area contributed by atoms with Crippen LogP contribution in [0.5, 0.6) is 5.75 Å². The molecule has 0 bridgehead atoms. The second-order valence-corrected chi connectivity index (χ2v) is 5.46. The quantitative estimate of drug-likeness (QED) is 0.759. The van der Waals surface area contributed by atoms with Crippen LogP contribution < -0.4 is 10.1 Å². The third-order valence-electron chi connectivity index (χ3n) is 3.75. The lowest BCUT2D eigenvalue weighted by Gasteiger charge is -2.08. The van der Waals surface area contributed by atoms with Gasteiger partial charge in [0.15, 0.2) is 0 Å². The van der Waals surface area contributed by atoms with Gasteiger partial charge < -0.3 is 14.6 Å². The molecule has 0 atom stereocenters. The minimum Gasteiger partial charge on any atom is -0.497 e. The van der Waals surface area contributed by atoms with Crippen LogP contribution in [0.4, 0.5) is 0 Å². The number of hydrogen-bond donors (Lipinski definition) is 1. The second-order valence-electron chi connectivity index (χ2n) is 5.46. The molecule has 24 heavy (non-hydrogen) atoms. The van der Waals surface area contributed by atoms with Crippen LogP contribution in [0.25, 0.3) is 0 Å². The molecule has 0 spiro atoms. The Morgan fingerprint density at radius 2 is 1.79 bits per heavy atom. The molecule has 5 heteroatoms. The van der Waals surface area contributed by atoms with Gasteiger partial charge in [0.05, 0.1) is 13.4 Å². The maximum Gasteiger partial charge on any atom is 0.251 e. The van der Waals surface area contributed by atoms with Gasteiger partial charge in [0.2, 0.25) is 0 Å². The topological polar surface area (TPSA) is 56.1 Å². The number of carbonyl (C=O) groups excluding carboxylic acids is 1. The van der Waals surface area contributed by atoms with Gasteiger partial charge in [-0.25, -0.2) is 4.98 Å². The maximum atomic E-state index is 12.1. The Morgan fingerprint density at radius 3 is 2.42 bits per heavy atom. The van der Waals surface area contributed by atoms with Crippen LogP contribution in [0, 0.1) is 0 Å². The predicted octanol–water partition coefficient (Wildman–Crippen LogP) is 2.87. The summed E-state index contributed by atoms with van der Waals surface area (Å²) in [6.07, 6.45) is 5.50. The SMILES string of the molecule is COc1ccc(C(=O)NCc2ccc(Cn3ccnc3)cc2)cc1. The number of aromatic nitrogens is 2. The average Bonchev–Trinajstić information content (AvgIpc) is 3.14. The molecule has 1 aromatic heterocycles. The van der Waals surface area contributed by atoms with Crippen LogP contribution in [0.2, 0.25) is 0 Å². The smallest absolute Gasteiger partial charge is 0.251 e. The third-order valence-corrected chi connectivity index (χ3v) is 3.75. The molecule has 5 nitrogen and oxygen atoms in total. The molecule has 3 rings (SSSR count). The van der Waals surface area contributed by atoms with Crippen LogP contribution in [0.3, 0.4) is 0 Å². The van der Waals surface area contributed by atoms with Crippen molar-refractivity contribution < 1.29 is 9.53 Å². The molecular formula is C19H19N3O2. The number of nitrogens with zero attached hydrogens (tertiary/aromatic N) is 2. The largest absolute Gasteiger partial charge is 0.497 e. The Morgan fingerprint density at radius 1 is 1.08 bits per heavy atom. The summed E-state index contributed by atoms with van der Waals surface area (Å²) in [5.41, 5.74) is 2.87. The van der Waals surface area contributed by atoms with Crippen molar-refractivity contribution in [2.24, 2.45) is 0 Å². The number of benzene rings is 2. The van der Waals surface area contributed by atoms with Crippen LogP contribution >= 0.6 is 0 Å². The molecule has 0 saturated heterocycles. The number of methoxy groups -OCH3 is 1. The summed E-state index contributed by atoms with van der Waals surface area (Å²) in [6, 6.07) is 15.2. The van der Waals surface area contributed by atoms with Gasteiger partial charge in [-0.2, -0.15) is 0 Å². The van der Waals surface area contributed by atoms with Gasteiger partial charge in [0.1, 0.15) is 5.75 Å². The van der Waals surface area contributed by atoms with E-state index in [0.29, 0.717) is 12.1 Å². The number of carbonyl (C=O) groups is 1. The van der Waals surface area contributed by atoms with Gasteiger partial charge in [-0.1, -0.05) is 24.3 Å². The number of hydrogen-bond acceptors (Lipinski definition) is 3. The fraction of sp³-hybridized carbons (Fsp3) is 0.158. The molecule has 122 valence electrons. The standard InChI is InChI=1S/C19H19N3O2/c1-24-18-8-6-17(7-9-18)19(23)21-12-15-2-4-16(5-3-15)13-22-11-10-20-14-22/h2-11,14H,12-13H2,1H3,(H,21,23). The zero-order chi connectivity index (χ0) is 16.8. The van der Waals surface area contributed by atoms with Crippen molar-refractivity contribution in [3.8, 4) is 5.75 Å². The molecule has 3 aromatic rings. The average molecular weight is 321 g/mol. The summed E-state index contributed by atoms with van der Waals surface area (Å²) in [4.78, 5) is 16.2. The first kappa shape index (κ1) is 15.8. The fourth-order valence-electron chi connectivity index (χ4n) is 2.38. The fourth-order valence-corrected chi connectivity index (χ4v) is 2.38. The minimum absolute atomic E-state index is 0.0971. The van der Waals surface area contributed by atoms with Crippen molar-refractivity contribution >= 4 is 5.91 Å². The summed E-state index contributed by atoms with van der Waals surface area (Å²) in [7, 11) is 1.60. The molecular weight excluding hydrogens is 302 g/mol. The lowest BCUT2D eigenvalue weighted by atomic mass is 10.1. The van der Waals surface area contributed by atoms with Crippen molar-refractivity contribution in [2.75, 3.05) is 7.11 Å². The molecule has 0 unspecified atom stereocenters. The van der Waals surface area contributed by atoms with Gasteiger partial charge in [0.25, 0.3) is 5.91 Å². The molecule has 1 amide bonds. The molecule has 1 heterocycles. The summed E-state index contributed by atoms with van der Waals surface area (Å²) in [5.74, 6) is 0.639. The highest BCUT2D eigenvalue weighted by molar-refractivity contribution is 5.94. The lowest BCUT2D eigenvalue weighted by molar-refractivity contribution is 0.0951. The highest BCUT2D eigenvalue weighted by Crippen LogP contribution is 2.11. The zero-order valence-electron chi connectivity index (χ0n) is 13.5. The molecule has 1 N–H and O–H groups in total. The lowest BCUT2D eigenvalue weighted by Crippen LogP contribution is -2.22. The van der Waals surface area contributed by atoms with Crippen molar-refractivity contribution in [3.63, 3.8) is 0 Å². The van der Waals surface area contributed by atoms with Crippen LogP contribution in [0.15, 0.2) is 67.3 Å². The molecule has 0 aliphatic heterocycles. The van der Waals surface area contributed by atoms with E-state index in [2.05, 4.69) is 22.4 Å². The third kappa shape index (κ3) is 4.01. The Hall–Kier alpha value is -3.08. The normalized spacial score (nSPS) is 10.4. The van der Waals surface area contributed by atoms with Crippen molar-refractivity contribution in [2.45, 2.75) is 13.1 Å². The van der Waals surface area contributed by atoms with Crippen LogP contribution in [-0.2, 0) is 13.1 Å². The number of imidazole rings is 1. The zero-order valence-corrected chi connectivity index (χ0v) is 13.5. The van der Waals surface area contributed by atoms with E-state index in [1.807, 2.05) is 22.9 Å². The van der Waals surface area contributed by atoms with E-state index >= 15 is 0 Å². The molecule has 0 aliphatic rings. The molecule has 0 saturated carbocycles. The van der Waals surface area contributed by atoms with Crippen molar-refractivity contribution in [3.05, 3.63) is 83.9 Å². The Kier molecular flexibility index (Phi) is 4.91.